The molecular formula is C24H28N4O4S. The van der Waals surface area contributed by atoms with Gasteiger partial charge >= 0.3 is 5.97 Å². The molecule has 33 heavy (non-hydrogen) atoms. The number of thiophene rings is 1. The maximum atomic E-state index is 13.2. The lowest BCUT2D eigenvalue weighted by atomic mass is 9.72. The number of nitrogens with zero attached hydrogens (tertiary/aromatic N) is 3. The van der Waals surface area contributed by atoms with Crippen LogP contribution in [0.1, 0.15) is 54.9 Å². The standard InChI is InChI=1S/C24H28N4O4S/c1-5-32-23(31)14-7-6-8-16(11-14)25-19(29)13-28-22(30)20-17-10-9-15(24(2,3)4)12-18(17)33-21(20)26-27-28/h6-8,11,15H,5,9-10,12-13H2,1-4H3,(H,25,29)/t15-/m0/s1. The third-order valence-electron chi connectivity index (χ3n) is 6.11. The number of hydrogen-bond acceptors (Lipinski definition) is 7. The van der Waals surface area contributed by atoms with Crippen molar-refractivity contribution >= 4 is 39.1 Å². The summed E-state index contributed by atoms with van der Waals surface area (Å²) in [5.74, 6) is -0.329. The van der Waals surface area contributed by atoms with E-state index in [1.165, 1.54) is 10.9 Å². The number of fused-ring (bicyclic) bond motifs is 3. The van der Waals surface area contributed by atoms with Gasteiger partial charge in [-0.1, -0.05) is 32.1 Å². The maximum Gasteiger partial charge on any atom is 0.338 e. The SMILES string of the molecule is CCOC(=O)c1cccc(NC(=O)Cn2nnc3sc4c(c3c2=O)CC[C@H](C(C)(C)C)C4)c1. The number of esters is 1. The van der Waals surface area contributed by atoms with E-state index in [0.29, 0.717) is 27.4 Å². The molecule has 4 rings (SSSR count). The van der Waals surface area contributed by atoms with E-state index in [4.69, 9.17) is 4.74 Å². The van der Waals surface area contributed by atoms with Crippen LogP contribution >= 0.6 is 11.3 Å². The lowest BCUT2D eigenvalue weighted by Gasteiger charge is -2.33. The van der Waals surface area contributed by atoms with Gasteiger partial charge in [0.05, 0.1) is 17.6 Å². The number of nitrogens with one attached hydrogen (secondary N) is 1. The molecule has 0 radical (unpaired) electrons. The third-order valence-corrected chi connectivity index (χ3v) is 7.25. The molecule has 2 aromatic heterocycles. The molecule has 9 heteroatoms. The van der Waals surface area contributed by atoms with Gasteiger partial charge in [-0.05, 0) is 61.3 Å². The van der Waals surface area contributed by atoms with Crippen LogP contribution in [-0.4, -0.2) is 33.5 Å². The lowest BCUT2D eigenvalue weighted by molar-refractivity contribution is -0.117. The van der Waals surface area contributed by atoms with Crippen LogP contribution in [0, 0.1) is 11.3 Å². The molecule has 2 heterocycles. The van der Waals surface area contributed by atoms with E-state index in [0.717, 1.165) is 29.5 Å². The Hall–Kier alpha value is -3.07. The van der Waals surface area contributed by atoms with Crippen molar-refractivity contribution in [1.29, 1.82) is 0 Å². The molecule has 0 spiro atoms. The Morgan fingerprint density at radius 3 is 2.82 bits per heavy atom. The van der Waals surface area contributed by atoms with E-state index >= 15 is 0 Å². The highest BCUT2D eigenvalue weighted by Gasteiger charge is 2.32. The predicted molar refractivity (Wildman–Crippen MR) is 128 cm³/mol. The molecule has 1 atom stereocenters. The normalized spacial score (nSPS) is 15.8. The number of rotatable bonds is 5. The molecule has 1 aliphatic carbocycles. The molecule has 1 aliphatic rings. The second kappa shape index (κ2) is 9.05. The van der Waals surface area contributed by atoms with Crippen LogP contribution in [0.5, 0.6) is 0 Å². The van der Waals surface area contributed by atoms with E-state index in [2.05, 4.69) is 36.4 Å². The first-order chi connectivity index (χ1) is 15.7. The second-order valence-corrected chi connectivity index (χ2v) is 10.5. The molecule has 1 aromatic carbocycles. The summed E-state index contributed by atoms with van der Waals surface area (Å²) in [7, 11) is 0. The molecular weight excluding hydrogens is 440 g/mol. The lowest BCUT2D eigenvalue weighted by Crippen LogP contribution is -2.31. The minimum Gasteiger partial charge on any atom is -0.462 e. The van der Waals surface area contributed by atoms with E-state index in [1.54, 1.807) is 36.5 Å². The fraction of sp³-hybridized carbons (Fsp3) is 0.458. The first-order valence-electron chi connectivity index (χ1n) is 11.1. The van der Waals surface area contributed by atoms with Crippen molar-refractivity contribution in [3.8, 4) is 0 Å². The first-order valence-corrected chi connectivity index (χ1v) is 11.9. The second-order valence-electron chi connectivity index (χ2n) is 9.39. The minimum absolute atomic E-state index is 0.211. The number of ether oxygens (including phenoxy) is 1. The summed E-state index contributed by atoms with van der Waals surface area (Å²) in [6.07, 6.45) is 2.81. The number of anilines is 1. The highest BCUT2D eigenvalue weighted by molar-refractivity contribution is 7.18. The van der Waals surface area contributed by atoms with Crippen molar-refractivity contribution in [3.05, 3.63) is 50.6 Å². The smallest absolute Gasteiger partial charge is 0.338 e. The zero-order chi connectivity index (χ0) is 23.8. The fourth-order valence-electron chi connectivity index (χ4n) is 4.24. The van der Waals surface area contributed by atoms with Crippen LogP contribution in [0.2, 0.25) is 0 Å². The minimum atomic E-state index is -0.461. The van der Waals surface area contributed by atoms with E-state index < -0.39 is 11.9 Å². The van der Waals surface area contributed by atoms with Crippen LogP contribution in [0.25, 0.3) is 10.2 Å². The Balaban J connectivity index is 1.54. The number of carbonyl (C=O) groups is 2. The molecule has 0 saturated carbocycles. The monoisotopic (exact) mass is 468 g/mol. The van der Waals surface area contributed by atoms with Gasteiger partial charge in [0.15, 0.2) is 4.83 Å². The van der Waals surface area contributed by atoms with Crippen molar-refractivity contribution in [2.24, 2.45) is 11.3 Å². The zero-order valence-electron chi connectivity index (χ0n) is 19.3. The summed E-state index contributed by atoms with van der Waals surface area (Å²) in [4.78, 5) is 39.5. The number of aromatic nitrogens is 3. The van der Waals surface area contributed by atoms with Crippen LogP contribution in [0.4, 0.5) is 5.69 Å². The molecule has 3 aromatic rings. The zero-order valence-corrected chi connectivity index (χ0v) is 20.1. The number of hydrogen-bond donors (Lipinski definition) is 1. The van der Waals surface area contributed by atoms with Gasteiger partial charge in [-0.3, -0.25) is 9.59 Å². The Morgan fingerprint density at radius 2 is 2.09 bits per heavy atom. The topological polar surface area (TPSA) is 103 Å². The van der Waals surface area contributed by atoms with Crippen molar-refractivity contribution in [2.45, 2.75) is 53.5 Å². The fourth-order valence-corrected chi connectivity index (χ4v) is 5.48. The van der Waals surface area contributed by atoms with Crippen molar-refractivity contribution < 1.29 is 14.3 Å². The Kier molecular flexibility index (Phi) is 6.34. The molecule has 0 saturated heterocycles. The third kappa shape index (κ3) is 4.83. The van der Waals surface area contributed by atoms with Crippen LogP contribution in [0.3, 0.4) is 0 Å². The number of carbonyl (C=O) groups excluding carboxylic acids is 2. The number of benzene rings is 1. The van der Waals surface area contributed by atoms with E-state index in [-0.39, 0.29) is 24.1 Å². The number of aryl methyl sites for hydroxylation is 1. The average Bonchev–Trinajstić information content (AvgIpc) is 3.14. The van der Waals surface area contributed by atoms with Gasteiger partial charge in [0, 0.05) is 10.6 Å². The molecule has 0 aliphatic heterocycles. The van der Waals surface area contributed by atoms with Gasteiger partial charge < -0.3 is 10.1 Å². The summed E-state index contributed by atoms with van der Waals surface area (Å²) < 4.78 is 6.10. The molecule has 0 bridgehead atoms. The van der Waals surface area contributed by atoms with Crippen molar-refractivity contribution in [1.82, 2.24) is 15.0 Å². The highest BCUT2D eigenvalue weighted by atomic mass is 32.1. The van der Waals surface area contributed by atoms with Gasteiger partial charge in [-0.2, -0.15) is 0 Å². The first kappa shape index (κ1) is 23.1. The van der Waals surface area contributed by atoms with Crippen molar-refractivity contribution in [2.75, 3.05) is 11.9 Å². The highest BCUT2D eigenvalue weighted by Crippen LogP contribution is 2.41. The number of amides is 1. The largest absolute Gasteiger partial charge is 0.462 e. The molecule has 1 N–H and O–H groups in total. The average molecular weight is 469 g/mol. The van der Waals surface area contributed by atoms with Gasteiger partial charge in [-0.25, -0.2) is 9.48 Å². The summed E-state index contributed by atoms with van der Waals surface area (Å²) in [5.41, 5.74) is 1.76. The van der Waals surface area contributed by atoms with Crippen LogP contribution in [-0.2, 0) is 28.9 Å². The summed E-state index contributed by atoms with van der Waals surface area (Å²) in [6, 6.07) is 6.47. The Labute approximate surface area is 196 Å². The molecule has 0 unspecified atom stereocenters. The van der Waals surface area contributed by atoms with Gasteiger partial charge in [0.25, 0.3) is 5.56 Å². The van der Waals surface area contributed by atoms with E-state index in [1.807, 2.05) is 0 Å². The molecule has 1 amide bonds. The van der Waals surface area contributed by atoms with Gasteiger partial charge in [-0.15, -0.1) is 16.4 Å². The van der Waals surface area contributed by atoms with Gasteiger partial charge in [0.1, 0.15) is 6.54 Å². The summed E-state index contributed by atoms with van der Waals surface area (Å²) in [5, 5.41) is 11.5. The Bertz CT molecular complexity index is 1270. The quantitative estimate of drug-likeness (QED) is 0.571. The molecule has 174 valence electrons. The predicted octanol–water partition coefficient (Wildman–Crippen LogP) is 3.82. The molecule has 0 fully saturated rings. The summed E-state index contributed by atoms with van der Waals surface area (Å²) >= 11 is 1.54. The Morgan fingerprint density at radius 1 is 1.30 bits per heavy atom. The van der Waals surface area contributed by atoms with Gasteiger partial charge in [0.2, 0.25) is 5.91 Å². The van der Waals surface area contributed by atoms with Crippen LogP contribution < -0.4 is 10.9 Å². The molecule has 8 nitrogen and oxygen atoms in total. The maximum absolute atomic E-state index is 13.2. The van der Waals surface area contributed by atoms with E-state index in [9.17, 15) is 14.4 Å². The van der Waals surface area contributed by atoms with Crippen LogP contribution in [0.15, 0.2) is 29.1 Å². The van der Waals surface area contributed by atoms with Crippen molar-refractivity contribution in [3.63, 3.8) is 0 Å². The summed E-state index contributed by atoms with van der Waals surface area (Å²) in [6.45, 7) is 8.49.